The quantitative estimate of drug-likeness (QED) is 0.623. The Balaban J connectivity index is 1.76. The molecule has 6 nitrogen and oxygen atoms in total. The number of halogens is 1. The van der Waals surface area contributed by atoms with Crippen molar-refractivity contribution in [1.29, 1.82) is 0 Å². The van der Waals surface area contributed by atoms with Crippen LogP contribution in [0.15, 0.2) is 30.3 Å². The number of hydrogen-bond donors (Lipinski definition) is 2. The van der Waals surface area contributed by atoms with E-state index in [1.165, 1.54) is 31.2 Å². The van der Waals surface area contributed by atoms with Gasteiger partial charge in [0.2, 0.25) is 0 Å². The van der Waals surface area contributed by atoms with E-state index in [2.05, 4.69) is 10.6 Å². The summed E-state index contributed by atoms with van der Waals surface area (Å²) in [7, 11) is 0. The van der Waals surface area contributed by atoms with Crippen LogP contribution in [0.3, 0.4) is 0 Å². The highest BCUT2D eigenvalue weighted by molar-refractivity contribution is 5.98. The molecule has 1 saturated carbocycles. The van der Waals surface area contributed by atoms with Crippen LogP contribution in [0.1, 0.15) is 44.6 Å². The fourth-order valence-electron chi connectivity index (χ4n) is 2.72. The van der Waals surface area contributed by atoms with Gasteiger partial charge in [-0.3, -0.25) is 10.1 Å². The van der Waals surface area contributed by atoms with Crippen LogP contribution in [0.5, 0.6) is 0 Å². The minimum absolute atomic E-state index is 0.0728. The predicted molar refractivity (Wildman–Crippen MR) is 94.5 cm³/mol. The fraction of sp³-hybridized carbons (Fsp3) is 0.421. The Bertz CT molecular complexity index is 684. The molecule has 1 fully saturated rings. The van der Waals surface area contributed by atoms with Crippen LogP contribution >= 0.6 is 0 Å². The van der Waals surface area contributed by atoms with E-state index in [0.717, 1.165) is 38.2 Å². The van der Waals surface area contributed by atoms with E-state index in [-0.39, 0.29) is 6.04 Å². The zero-order chi connectivity index (χ0) is 18.9. The molecule has 1 aromatic carbocycles. The maximum atomic E-state index is 13.1. The first-order valence-electron chi connectivity index (χ1n) is 8.69. The lowest BCUT2D eigenvalue weighted by Crippen LogP contribution is -2.48. The molecule has 0 spiro atoms. The number of carbonyl (C=O) groups is 3. The molecule has 3 amide bonds. The molecule has 0 saturated heterocycles. The fourth-order valence-corrected chi connectivity index (χ4v) is 2.72. The second-order valence-corrected chi connectivity index (χ2v) is 6.27. The van der Waals surface area contributed by atoms with Gasteiger partial charge in [0, 0.05) is 12.1 Å². The SMILES string of the molecule is C[C@H](OC(=O)/C=C/c1cccc(F)c1)C(=O)NC(=O)NC1CCCCC1. The third-order valence-corrected chi connectivity index (χ3v) is 4.10. The van der Waals surface area contributed by atoms with Crippen molar-refractivity contribution in [2.75, 3.05) is 0 Å². The number of rotatable bonds is 5. The molecule has 1 aromatic rings. The zero-order valence-electron chi connectivity index (χ0n) is 14.7. The van der Waals surface area contributed by atoms with E-state index in [4.69, 9.17) is 4.74 Å². The van der Waals surface area contributed by atoms with Crippen molar-refractivity contribution in [3.8, 4) is 0 Å². The van der Waals surface area contributed by atoms with E-state index in [1.54, 1.807) is 6.07 Å². The summed E-state index contributed by atoms with van der Waals surface area (Å²) in [5.41, 5.74) is 0.492. The van der Waals surface area contributed by atoms with Gasteiger partial charge in [0.15, 0.2) is 6.10 Å². The highest BCUT2D eigenvalue weighted by atomic mass is 19.1. The van der Waals surface area contributed by atoms with E-state index in [9.17, 15) is 18.8 Å². The van der Waals surface area contributed by atoms with Crippen molar-refractivity contribution in [3.63, 3.8) is 0 Å². The van der Waals surface area contributed by atoms with Gasteiger partial charge in [-0.05, 0) is 43.5 Å². The van der Waals surface area contributed by atoms with Crippen molar-refractivity contribution in [1.82, 2.24) is 10.6 Å². The van der Waals surface area contributed by atoms with Gasteiger partial charge < -0.3 is 10.1 Å². The summed E-state index contributed by atoms with van der Waals surface area (Å²) in [4.78, 5) is 35.5. The van der Waals surface area contributed by atoms with Crippen LogP contribution in [0.4, 0.5) is 9.18 Å². The number of imide groups is 1. The second kappa shape index (κ2) is 9.70. The molecular formula is C19H23FN2O4. The molecule has 140 valence electrons. The second-order valence-electron chi connectivity index (χ2n) is 6.27. The Kier molecular flexibility index (Phi) is 7.32. The first-order valence-corrected chi connectivity index (χ1v) is 8.69. The predicted octanol–water partition coefficient (Wildman–Crippen LogP) is 2.93. The average molecular weight is 362 g/mol. The minimum atomic E-state index is -1.13. The van der Waals surface area contributed by atoms with Crippen molar-refractivity contribution < 1.29 is 23.5 Å². The Morgan fingerprint density at radius 3 is 2.65 bits per heavy atom. The maximum Gasteiger partial charge on any atom is 0.331 e. The summed E-state index contributed by atoms with van der Waals surface area (Å²) in [6, 6.07) is 5.18. The number of ether oxygens (including phenoxy) is 1. The Morgan fingerprint density at radius 2 is 1.96 bits per heavy atom. The van der Waals surface area contributed by atoms with E-state index < -0.39 is 29.8 Å². The molecule has 0 aliphatic heterocycles. The topological polar surface area (TPSA) is 84.5 Å². The lowest BCUT2D eigenvalue weighted by molar-refractivity contribution is -0.149. The summed E-state index contributed by atoms with van der Waals surface area (Å²) < 4.78 is 18.0. The number of nitrogens with one attached hydrogen (secondary N) is 2. The Hall–Kier alpha value is -2.70. The smallest absolute Gasteiger partial charge is 0.331 e. The highest BCUT2D eigenvalue weighted by Crippen LogP contribution is 2.17. The summed E-state index contributed by atoms with van der Waals surface area (Å²) in [5.74, 6) is -1.88. The van der Waals surface area contributed by atoms with Gasteiger partial charge in [-0.1, -0.05) is 31.4 Å². The molecule has 1 aliphatic rings. The maximum absolute atomic E-state index is 13.1. The number of carbonyl (C=O) groups excluding carboxylic acids is 3. The van der Waals surface area contributed by atoms with Gasteiger partial charge >= 0.3 is 12.0 Å². The number of urea groups is 1. The molecule has 0 radical (unpaired) electrons. The largest absolute Gasteiger partial charge is 0.449 e. The van der Waals surface area contributed by atoms with Crippen molar-refractivity contribution in [2.24, 2.45) is 0 Å². The first-order chi connectivity index (χ1) is 12.4. The number of benzene rings is 1. The van der Waals surface area contributed by atoms with Crippen LogP contribution in [0.2, 0.25) is 0 Å². The van der Waals surface area contributed by atoms with Gasteiger partial charge in [-0.15, -0.1) is 0 Å². The number of amides is 3. The normalized spacial score (nSPS) is 16.1. The average Bonchev–Trinajstić information content (AvgIpc) is 2.60. The third-order valence-electron chi connectivity index (χ3n) is 4.10. The number of esters is 1. The summed E-state index contributed by atoms with van der Waals surface area (Å²) >= 11 is 0. The van der Waals surface area contributed by atoms with Crippen LogP contribution in [0.25, 0.3) is 6.08 Å². The van der Waals surface area contributed by atoms with E-state index in [1.807, 2.05) is 0 Å². The summed E-state index contributed by atoms with van der Waals surface area (Å²) in [5, 5.41) is 4.92. The molecule has 7 heteroatoms. The van der Waals surface area contributed by atoms with Crippen LogP contribution in [-0.4, -0.2) is 30.1 Å². The van der Waals surface area contributed by atoms with Crippen molar-refractivity contribution in [2.45, 2.75) is 51.2 Å². The van der Waals surface area contributed by atoms with Crippen molar-refractivity contribution in [3.05, 3.63) is 41.7 Å². The van der Waals surface area contributed by atoms with Gasteiger partial charge in [-0.2, -0.15) is 0 Å². The monoisotopic (exact) mass is 362 g/mol. The molecule has 0 unspecified atom stereocenters. The van der Waals surface area contributed by atoms with Crippen LogP contribution in [0, 0.1) is 5.82 Å². The molecule has 0 aromatic heterocycles. The lowest BCUT2D eigenvalue weighted by Gasteiger charge is -2.23. The standard InChI is InChI=1S/C19H23FN2O4/c1-13(18(24)22-19(25)21-16-8-3-2-4-9-16)26-17(23)11-10-14-6-5-7-15(20)12-14/h5-7,10-13,16H,2-4,8-9H2,1H3,(H2,21,22,24,25)/b11-10+/t13-/m0/s1. The molecule has 0 heterocycles. The van der Waals surface area contributed by atoms with Crippen molar-refractivity contribution >= 4 is 24.0 Å². The van der Waals surface area contributed by atoms with E-state index >= 15 is 0 Å². The summed E-state index contributed by atoms with van der Waals surface area (Å²) in [6.07, 6.45) is 6.43. The van der Waals surface area contributed by atoms with Crippen LogP contribution < -0.4 is 10.6 Å². The molecule has 0 bridgehead atoms. The first kappa shape index (κ1) is 19.6. The molecule has 2 rings (SSSR count). The van der Waals surface area contributed by atoms with E-state index in [0.29, 0.717) is 5.56 Å². The molecule has 1 aliphatic carbocycles. The number of hydrogen-bond acceptors (Lipinski definition) is 4. The van der Waals surface area contributed by atoms with Crippen LogP contribution in [-0.2, 0) is 14.3 Å². The van der Waals surface area contributed by atoms with Gasteiger partial charge in [0.1, 0.15) is 5.82 Å². The lowest BCUT2D eigenvalue weighted by atomic mass is 9.96. The zero-order valence-corrected chi connectivity index (χ0v) is 14.7. The summed E-state index contributed by atoms with van der Waals surface area (Å²) in [6.45, 7) is 1.37. The van der Waals surface area contributed by atoms with Gasteiger partial charge in [-0.25, -0.2) is 14.0 Å². The van der Waals surface area contributed by atoms with Gasteiger partial charge in [0.25, 0.3) is 5.91 Å². The highest BCUT2D eigenvalue weighted by Gasteiger charge is 2.21. The minimum Gasteiger partial charge on any atom is -0.449 e. The molecule has 26 heavy (non-hydrogen) atoms. The Labute approximate surface area is 151 Å². The third kappa shape index (κ3) is 6.66. The molecule has 2 N–H and O–H groups in total. The Morgan fingerprint density at radius 1 is 1.23 bits per heavy atom. The van der Waals surface area contributed by atoms with Gasteiger partial charge in [0.05, 0.1) is 0 Å². The molecular weight excluding hydrogens is 339 g/mol. The molecule has 1 atom stereocenters.